The lowest BCUT2D eigenvalue weighted by atomic mass is 9.64. The van der Waals surface area contributed by atoms with Crippen LogP contribution in [0.25, 0.3) is 0 Å². The van der Waals surface area contributed by atoms with Gasteiger partial charge in [-0.15, -0.1) is 0 Å². The van der Waals surface area contributed by atoms with E-state index in [1.165, 1.54) is 5.56 Å². The second-order valence-electron chi connectivity index (χ2n) is 7.33. The molecule has 26 heavy (non-hydrogen) atoms. The number of aromatic nitrogens is 1. The van der Waals surface area contributed by atoms with Gasteiger partial charge >= 0.3 is 6.03 Å². The van der Waals surface area contributed by atoms with Crippen LogP contribution in [0.5, 0.6) is 0 Å². The number of urea groups is 1. The Balaban J connectivity index is 1.42. The van der Waals surface area contributed by atoms with Gasteiger partial charge in [-0.3, -0.25) is 0 Å². The molecular formula is C20H25N3O3. The number of nitrogens with one attached hydrogen (secondary N) is 1. The van der Waals surface area contributed by atoms with Crippen LogP contribution in [0.4, 0.5) is 4.79 Å². The monoisotopic (exact) mass is 355 g/mol. The molecule has 1 aromatic heterocycles. The Bertz CT molecular complexity index is 753. The maximum Gasteiger partial charge on any atom is 0.317 e. The highest BCUT2D eigenvalue weighted by atomic mass is 16.5. The summed E-state index contributed by atoms with van der Waals surface area (Å²) in [5, 5.41) is 6.91. The molecule has 6 heteroatoms. The van der Waals surface area contributed by atoms with Crippen LogP contribution in [0.2, 0.25) is 0 Å². The Morgan fingerprint density at radius 2 is 2.08 bits per heavy atom. The largest absolute Gasteiger partial charge is 0.381 e. The van der Waals surface area contributed by atoms with Crippen LogP contribution in [0, 0.1) is 12.3 Å². The molecule has 3 heterocycles. The SMILES string of the molecule is Cc1cc(CCNC(=O)N2CC3(CCOCC3)C2c2ccccc2)on1. The molecule has 0 bridgehead atoms. The summed E-state index contributed by atoms with van der Waals surface area (Å²) >= 11 is 0. The predicted octanol–water partition coefficient (Wildman–Crippen LogP) is 3.09. The van der Waals surface area contributed by atoms with Crippen molar-refractivity contribution in [2.24, 2.45) is 5.41 Å². The number of ether oxygens (including phenoxy) is 1. The van der Waals surface area contributed by atoms with Crippen LogP contribution < -0.4 is 5.32 Å². The number of benzene rings is 1. The Morgan fingerprint density at radius 3 is 2.77 bits per heavy atom. The summed E-state index contributed by atoms with van der Waals surface area (Å²) < 4.78 is 10.8. The highest BCUT2D eigenvalue weighted by Crippen LogP contribution is 2.54. The molecule has 6 nitrogen and oxygen atoms in total. The predicted molar refractivity (Wildman–Crippen MR) is 96.7 cm³/mol. The topological polar surface area (TPSA) is 67.6 Å². The minimum absolute atomic E-state index is 0.00722. The normalized spacial score (nSPS) is 21.4. The lowest BCUT2D eigenvalue weighted by molar-refractivity contribution is -0.111. The van der Waals surface area contributed by atoms with Crippen LogP contribution >= 0.6 is 0 Å². The molecule has 1 aromatic carbocycles. The molecule has 1 N–H and O–H groups in total. The zero-order chi connectivity index (χ0) is 18.0. The first kappa shape index (κ1) is 17.1. The average molecular weight is 355 g/mol. The van der Waals surface area contributed by atoms with Gasteiger partial charge in [0.1, 0.15) is 5.76 Å². The Hall–Kier alpha value is -2.34. The quantitative estimate of drug-likeness (QED) is 0.915. The standard InChI is InChI=1S/C20H25N3O3/c1-15-13-17(26-22-15)7-10-21-19(24)23-14-20(8-11-25-12-9-20)18(23)16-5-3-2-4-6-16/h2-6,13,18H,7-12,14H2,1H3,(H,21,24). The Labute approximate surface area is 153 Å². The molecule has 2 fully saturated rings. The Morgan fingerprint density at radius 1 is 1.31 bits per heavy atom. The van der Waals surface area contributed by atoms with Crippen molar-refractivity contribution in [2.75, 3.05) is 26.3 Å². The molecule has 2 amide bonds. The molecule has 2 aromatic rings. The molecular weight excluding hydrogens is 330 g/mol. The fourth-order valence-corrected chi connectivity index (χ4v) is 4.23. The van der Waals surface area contributed by atoms with Crippen LogP contribution in [0.1, 0.15) is 35.9 Å². The van der Waals surface area contributed by atoms with E-state index >= 15 is 0 Å². The first-order chi connectivity index (χ1) is 12.7. The number of hydrogen-bond donors (Lipinski definition) is 1. The molecule has 138 valence electrons. The van der Waals surface area contributed by atoms with E-state index in [-0.39, 0.29) is 17.5 Å². The van der Waals surface area contributed by atoms with Crippen molar-refractivity contribution in [3.8, 4) is 0 Å². The molecule has 2 aliphatic heterocycles. The van der Waals surface area contributed by atoms with Crippen molar-refractivity contribution in [1.82, 2.24) is 15.4 Å². The molecule has 1 atom stereocenters. The van der Waals surface area contributed by atoms with Crippen molar-refractivity contribution in [1.29, 1.82) is 0 Å². The Kier molecular flexibility index (Phi) is 4.68. The fraction of sp³-hybridized carbons (Fsp3) is 0.500. The lowest BCUT2D eigenvalue weighted by Crippen LogP contribution is -2.64. The number of carbonyl (C=O) groups excluding carboxylic acids is 1. The van der Waals surface area contributed by atoms with Gasteiger partial charge < -0.3 is 19.5 Å². The van der Waals surface area contributed by atoms with Gasteiger partial charge in [0.25, 0.3) is 0 Å². The third-order valence-electron chi connectivity index (χ3n) is 5.57. The minimum atomic E-state index is -0.00722. The average Bonchev–Trinajstić information content (AvgIpc) is 3.06. The van der Waals surface area contributed by atoms with Gasteiger partial charge in [0.2, 0.25) is 0 Å². The summed E-state index contributed by atoms with van der Waals surface area (Å²) in [6.45, 7) is 4.79. The number of amides is 2. The van der Waals surface area contributed by atoms with Crippen molar-refractivity contribution in [3.05, 3.63) is 53.4 Å². The fourth-order valence-electron chi connectivity index (χ4n) is 4.23. The van der Waals surface area contributed by atoms with Gasteiger partial charge in [-0.1, -0.05) is 35.5 Å². The van der Waals surface area contributed by atoms with Crippen LogP contribution in [0.15, 0.2) is 40.9 Å². The third kappa shape index (κ3) is 3.21. The number of hydrogen-bond acceptors (Lipinski definition) is 4. The first-order valence-electron chi connectivity index (χ1n) is 9.27. The molecule has 0 aliphatic carbocycles. The van der Waals surface area contributed by atoms with Gasteiger partial charge in [0, 0.05) is 44.2 Å². The third-order valence-corrected chi connectivity index (χ3v) is 5.57. The van der Waals surface area contributed by atoms with Crippen molar-refractivity contribution < 1.29 is 14.1 Å². The van der Waals surface area contributed by atoms with Gasteiger partial charge in [-0.2, -0.15) is 0 Å². The highest BCUT2D eigenvalue weighted by Gasteiger charge is 2.55. The van der Waals surface area contributed by atoms with Crippen molar-refractivity contribution in [2.45, 2.75) is 32.2 Å². The zero-order valence-electron chi connectivity index (χ0n) is 15.1. The van der Waals surface area contributed by atoms with Gasteiger partial charge in [-0.25, -0.2) is 4.79 Å². The molecule has 1 spiro atoms. The van der Waals surface area contributed by atoms with Crippen LogP contribution in [-0.4, -0.2) is 42.4 Å². The molecule has 0 saturated carbocycles. The van der Waals surface area contributed by atoms with E-state index in [9.17, 15) is 4.79 Å². The number of likely N-dealkylation sites (tertiary alicyclic amines) is 1. The maximum absolute atomic E-state index is 12.8. The summed E-state index contributed by atoms with van der Waals surface area (Å²) in [7, 11) is 0. The van der Waals surface area contributed by atoms with Crippen molar-refractivity contribution >= 4 is 6.03 Å². The van der Waals surface area contributed by atoms with E-state index in [2.05, 4.69) is 22.6 Å². The van der Waals surface area contributed by atoms with E-state index in [0.717, 1.165) is 44.1 Å². The highest BCUT2D eigenvalue weighted by molar-refractivity contribution is 5.76. The summed E-state index contributed by atoms with van der Waals surface area (Å²) in [5.74, 6) is 0.798. The summed E-state index contributed by atoms with van der Waals surface area (Å²) in [5.41, 5.74) is 2.22. The molecule has 0 radical (unpaired) electrons. The molecule has 2 saturated heterocycles. The van der Waals surface area contributed by atoms with Crippen LogP contribution in [0.3, 0.4) is 0 Å². The summed E-state index contributed by atoms with van der Waals surface area (Å²) in [6.07, 6.45) is 2.66. The first-order valence-corrected chi connectivity index (χ1v) is 9.27. The van der Waals surface area contributed by atoms with E-state index in [4.69, 9.17) is 9.26 Å². The molecule has 4 rings (SSSR count). The molecule has 2 aliphatic rings. The number of aryl methyl sites for hydroxylation is 1. The van der Waals surface area contributed by atoms with Crippen LogP contribution in [-0.2, 0) is 11.2 Å². The second kappa shape index (κ2) is 7.11. The van der Waals surface area contributed by atoms with E-state index in [1.807, 2.05) is 36.1 Å². The van der Waals surface area contributed by atoms with Gasteiger partial charge in [0.05, 0.1) is 11.7 Å². The molecule has 1 unspecified atom stereocenters. The number of rotatable bonds is 4. The van der Waals surface area contributed by atoms with Crippen molar-refractivity contribution in [3.63, 3.8) is 0 Å². The minimum Gasteiger partial charge on any atom is -0.381 e. The zero-order valence-corrected chi connectivity index (χ0v) is 15.1. The number of carbonyl (C=O) groups is 1. The summed E-state index contributed by atoms with van der Waals surface area (Å²) in [4.78, 5) is 14.7. The second-order valence-corrected chi connectivity index (χ2v) is 7.33. The summed E-state index contributed by atoms with van der Waals surface area (Å²) in [6, 6.07) is 12.4. The number of nitrogens with zero attached hydrogens (tertiary/aromatic N) is 2. The maximum atomic E-state index is 12.8. The van der Waals surface area contributed by atoms with E-state index in [1.54, 1.807) is 0 Å². The lowest BCUT2D eigenvalue weighted by Gasteiger charge is -2.59. The van der Waals surface area contributed by atoms with Gasteiger partial charge in [0.15, 0.2) is 0 Å². The van der Waals surface area contributed by atoms with E-state index in [0.29, 0.717) is 13.0 Å². The van der Waals surface area contributed by atoms with Gasteiger partial charge in [-0.05, 0) is 25.3 Å². The van der Waals surface area contributed by atoms with E-state index < -0.39 is 0 Å². The smallest absolute Gasteiger partial charge is 0.317 e.